The largest absolute Gasteiger partial charge is 0.387 e. The zero-order chi connectivity index (χ0) is 15.4. The number of amides is 1. The van der Waals surface area contributed by atoms with Crippen molar-refractivity contribution >= 4 is 17.4 Å². The minimum Gasteiger partial charge on any atom is -0.387 e. The molecule has 0 fully saturated rings. The molecule has 0 spiro atoms. The summed E-state index contributed by atoms with van der Waals surface area (Å²) in [7, 11) is 0. The Kier molecular flexibility index (Phi) is 5.09. The summed E-state index contributed by atoms with van der Waals surface area (Å²) in [4.78, 5) is 14.1. The van der Waals surface area contributed by atoms with E-state index in [4.69, 9.17) is 0 Å². The van der Waals surface area contributed by atoms with Gasteiger partial charge in [-0.05, 0) is 37.9 Å². The predicted octanol–water partition coefficient (Wildman–Crippen LogP) is 2.96. The van der Waals surface area contributed by atoms with Crippen LogP contribution in [0.5, 0.6) is 0 Å². The van der Waals surface area contributed by atoms with Crippen molar-refractivity contribution in [1.29, 1.82) is 0 Å². The molecule has 1 N–H and O–H groups in total. The van der Waals surface area contributed by atoms with Crippen LogP contribution in [0.2, 0.25) is 0 Å². The van der Waals surface area contributed by atoms with Crippen molar-refractivity contribution in [3.05, 3.63) is 52.0 Å². The molecule has 1 amide bonds. The van der Waals surface area contributed by atoms with E-state index in [2.05, 4.69) is 4.37 Å². The summed E-state index contributed by atoms with van der Waals surface area (Å²) in [5, 5.41) is 12.1. The van der Waals surface area contributed by atoms with Gasteiger partial charge < -0.3 is 10.0 Å². The average molecular weight is 304 g/mol. The third kappa shape index (κ3) is 3.68. The highest BCUT2D eigenvalue weighted by Crippen LogP contribution is 2.18. The Labute approximate surface area is 129 Å². The van der Waals surface area contributed by atoms with Crippen molar-refractivity contribution in [3.8, 4) is 0 Å². The smallest absolute Gasteiger partial charge is 0.256 e. The zero-order valence-electron chi connectivity index (χ0n) is 12.5. The third-order valence-corrected chi connectivity index (χ3v) is 4.23. The van der Waals surface area contributed by atoms with Crippen LogP contribution in [0.15, 0.2) is 29.6 Å². The Hall–Kier alpha value is -1.72. The van der Waals surface area contributed by atoms with Crippen molar-refractivity contribution < 1.29 is 9.90 Å². The molecule has 1 unspecified atom stereocenters. The van der Waals surface area contributed by atoms with Gasteiger partial charge in [0, 0.05) is 11.9 Å². The van der Waals surface area contributed by atoms with E-state index in [-0.39, 0.29) is 12.5 Å². The molecule has 0 aliphatic heterocycles. The lowest BCUT2D eigenvalue weighted by atomic mass is 10.1. The third-order valence-electron chi connectivity index (χ3n) is 3.50. The minimum absolute atomic E-state index is 0.0742. The Morgan fingerprint density at radius 3 is 2.52 bits per heavy atom. The van der Waals surface area contributed by atoms with E-state index in [0.717, 1.165) is 16.8 Å². The van der Waals surface area contributed by atoms with E-state index in [1.165, 1.54) is 11.5 Å². The number of aromatic nitrogens is 1. The molecule has 0 radical (unpaired) electrons. The number of hydrogen-bond donors (Lipinski definition) is 1. The molecule has 1 aromatic carbocycles. The number of hydrogen-bond acceptors (Lipinski definition) is 4. The minimum atomic E-state index is -0.679. The second-order valence-corrected chi connectivity index (χ2v) is 5.71. The first-order chi connectivity index (χ1) is 10.0. The summed E-state index contributed by atoms with van der Waals surface area (Å²) >= 11 is 1.28. The Morgan fingerprint density at radius 2 is 2.00 bits per heavy atom. The lowest BCUT2D eigenvalue weighted by Gasteiger charge is -2.24. The maximum absolute atomic E-state index is 12.5. The standard InChI is InChI=1S/C16H20N2O2S/c1-4-18(16(20)14-10-21-17-12(14)3)9-15(19)13-7-5-11(2)6-8-13/h5-8,10,15,19H,4,9H2,1-3H3. The Morgan fingerprint density at radius 1 is 1.33 bits per heavy atom. The predicted molar refractivity (Wildman–Crippen MR) is 84.6 cm³/mol. The van der Waals surface area contributed by atoms with Crippen LogP contribution in [0.3, 0.4) is 0 Å². The highest BCUT2D eigenvalue weighted by molar-refractivity contribution is 7.03. The summed E-state index contributed by atoms with van der Waals surface area (Å²) < 4.78 is 4.13. The molecule has 21 heavy (non-hydrogen) atoms. The molecule has 2 aromatic rings. The van der Waals surface area contributed by atoms with Gasteiger partial charge >= 0.3 is 0 Å². The van der Waals surface area contributed by atoms with Gasteiger partial charge in [0.15, 0.2) is 0 Å². The molecule has 0 saturated carbocycles. The molecular formula is C16H20N2O2S. The van der Waals surface area contributed by atoms with Gasteiger partial charge in [-0.3, -0.25) is 4.79 Å². The van der Waals surface area contributed by atoms with E-state index < -0.39 is 6.10 Å². The van der Waals surface area contributed by atoms with Crippen LogP contribution >= 0.6 is 11.5 Å². The van der Waals surface area contributed by atoms with Crippen LogP contribution in [0.1, 0.15) is 40.2 Å². The van der Waals surface area contributed by atoms with Crippen LogP contribution in [0.25, 0.3) is 0 Å². The van der Waals surface area contributed by atoms with E-state index in [9.17, 15) is 9.90 Å². The Balaban J connectivity index is 2.10. The fourth-order valence-electron chi connectivity index (χ4n) is 2.13. The topological polar surface area (TPSA) is 53.4 Å². The number of benzene rings is 1. The van der Waals surface area contributed by atoms with Gasteiger partial charge in [-0.2, -0.15) is 4.37 Å². The molecular weight excluding hydrogens is 284 g/mol. The van der Waals surface area contributed by atoms with Gasteiger partial charge in [0.1, 0.15) is 0 Å². The first kappa shape index (κ1) is 15.7. The second-order valence-electron chi connectivity index (χ2n) is 5.08. The average Bonchev–Trinajstić information content (AvgIpc) is 2.90. The lowest BCUT2D eigenvalue weighted by molar-refractivity contribution is 0.0634. The molecule has 0 aliphatic carbocycles. The molecule has 1 atom stereocenters. The number of likely N-dealkylation sites (N-methyl/N-ethyl adjacent to an activating group) is 1. The van der Waals surface area contributed by atoms with Crippen molar-refractivity contribution in [1.82, 2.24) is 9.27 Å². The molecule has 2 rings (SSSR count). The van der Waals surface area contributed by atoms with Crippen LogP contribution < -0.4 is 0 Å². The van der Waals surface area contributed by atoms with Crippen molar-refractivity contribution in [3.63, 3.8) is 0 Å². The number of carbonyl (C=O) groups excluding carboxylic acids is 1. The molecule has 0 aliphatic rings. The maximum atomic E-state index is 12.5. The molecule has 1 aromatic heterocycles. The van der Waals surface area contributed by atoms with Crippen molar-refractivity contribution in [2.45, 2.75) is 26.9 Å². The van der Waals surface area contributed by atoms with Gasteiger partial charge in [-0.25, -0.2) is 0 Å². The molecule has 0 saturated heterocycles. The molecule has 0 bridgehead atoms. The fourth-order valence-corrected chi connectivity index (χ4v) is 2.81. The Bertz CT molecular complexity index is 607. The highest BCUT2D eigenvalue weighted by atomic mass is 32.1. The van der Waals surface area contributed by atoms with Gasteiger partial charge in [-0.1, -0.05) is 29.8 Å². The summed E-state index contributed by atoms with van der Waals surface area (Å²) in [6.45, 7) is 6.58. The van der Waals surface area contributed by atoms with E-state index >= 15 is 0 Å². The molecule has 1 heterocycles. The van der Waals surface area contributed by atoms with Gasteiger partial charge in [0.05, 0.1) is 23.9 Å². The SMILES string of the molecule is CCN(CC(O)c1ccc(C)cc1)C(=O)c1csnc1C. The van der Waals surface area contributed by atoms with Crippen LogP contribution in [-0.4, -0.2) is 33.4 Å². The lowest BCUT2D eigenvalue weighted by Crippen LogP contribution is -2.34. The van der Waals surface area contributed by atoms with E-state index in [1.807, 2.05) is 45.0 Å². The van der Waals surface area contributed by atoms with Gasteiger partial charge in [0.2, 0.25) is 0 Å². The number of aliphatic hydroxyl groups is 1. The summed E-state index contributed by atoms with van der Waals surface area (Å²) in [6.07, 6.45) is -0.679. The number of rotatable bonds is 5. The van der Waals surface area contributed by atoms with Crippen LogP contribution in [0, 0.1) is 13.8 Å². The molecule has 112 valence electrons. The molecule has 4 nitrogen and oxygen atoms in total. The van der Waals surface area contributed by atoms with E-state index in [0.29, 0.717) is 12.1 Å². The van der Waals surface area contributed by atoms with Gasteiger partial charge in [0.25, 0.3) is 5.91 Å². The number of aryl methyl sites for hydroxylation is 2. The zero-order valence-corrected chi connectivity index (χ0v) is 13.4. The normalized spacial score (nSPS) is 12.2. The van der Waals surface area contributed by atoms with Crippen LogP contribution in [0.4, 0.5) is 0 Å². The number of nitrogens with zero attached hydrogens (tertiary/aromatic N) is 2. The highest BCUT2D eigenvalue weighted by Gasteiger charge is 2.21. The first-order valence-corrected chi connectivity index (χ1v) is 7.81. The quantitative estimate of drug-likeness (QED) is 0.924. The second kappa shape index (κ2) is 6.83. The summed E-state index contributed by atoms with van der Waals surface area (Å²) in [5.41, 5.74) is 3.34. The molecule has 5 heteroatoms. The van der Waals surface area contributed by atoms with Crippen molar-refractivity contribution in [2.75, 3.05) is 13.1 Å². The van der Waals surface area contributed by atoms with Crippen LogP contribution in [-0.2, 0) is 0 Å². The van der Waals surface area contributed by atoms with Crippen molar-refractivity contribution in [2.24, 2.45) is 0 Å². The summed E-state index contributed by atoms with van der Waals surface area (Å²) in [5.74, 6) is -0.0742. The monoisotopic (exact) mass is 304 g/mol. The fraction of sp³-hybridized carbons (Fsp3) is 0.375. The first-order valence-electron chi connectivity index (χ1n) is 6.97. The number of aliphatic hydroxyl groups excluding tert-OH is 1. The summed E-state index contributed by atoms with van der Waals surface area (Å²) in [6, 6.07) is 7.72. The maximum Gasteiger partial charge on any atom is 0.256 e. The van der Waals surface area contributed by atoms with E-state index in [1.54, 1.807) is 10.3 Å². The number of carbonyl (C=O) groups is 1. The van der Waals surface area contributed by atoms with Gasteiger partial charge in [-0.15, -0.1) is 0 Å².